The molecule has 0 heterocycles. The zero-order valence-corrected chi connectivity index (χ0v) is 13.3. The molecule has 2 N–H and O–H groups in total. The standard InChI is InChI=1S/C20H24O2/c1-14-11-12-20(2,16-5-9-18(22)10-6-16)13-19(14)15-3-7-17(21)8-4-15/h3-10,14,19,21-22H,11-13H2,1-2H3. The van der Waals surface area contributed by atoms with Gasteiger partial charge in [0.25, 0.3) is 0 Å². The van der Waals surface area contributed by atoms with Crippen LogP contribution in [0.15, 0.2) is 48.5 Å². The Morgan fingerprint density at radius 1 is 0.909 bits per heavy atom. The lowest BCUT2D eigenvalue weighted by Crippen LogP contribution is -2.32. The van der Waals surface area contributed by atoms with Gasteiger partial charge in [0.1, 0.15) is 11.5 Å². The van der Waals surface area contributed by atoms with E-state index in [0.29, 0.717) is 23.3 Å². The van der Waals surface area contributed by atoms with Gasteiger partial charge < -0.3 is 10.2 Å². The van der Waals surface area contributed by atoms with E-state index in [1.807, 2.05) is 0 Å². The maximum absolute atomic E-state index is 9.51. The highest BCUT2D eigenvalue weighted by atomic mass is 16.3. The van der Waals surface area contributed by atoms with Gasteiger partial charge >= 0.3 is 0 Å². The zero-order valence-electron chi connectivity index (χ0n) is 13.3. The third-order valence-electron chi connectivity index (χ3n) is 5.39. The molecule has 1 aliphatic carbocycles. The molecule has 0 aromatic heterocycles. The molecule has 1 saturated carbocycles. The molecule has 0 spiro atoms. The van der Waals surface area contributed by atoms with Crippen molar-refractivity contribution in [1.82, 2.24) is 0 Å². The molecule has 2 aromatic carbocycles. The Bertz CT molecular complexity index is 630. The normalized spacial score (nSPS) is 28.5. The van der Waals surface area contributed by atoms with E-state index in [-0.39, 0.29) is 5.41 Å². The number of phenolic OH excluding ortho intramolecular Hbond substituents is 2. The zero-order chi connectivity index (χ0) is 15.7. The summed E-state index contributed by atoms with van der Waals surface area (Å²) in [6, 6.07) is 15.4. The molecule has 1 aliphatic rings. The first-order chi connectivity index (χ1) is 10.5. The second-order valence-corrected chi connectivity index (χ2v) is 7.03. The molecular formula is C20H24O2. The average molecular weight is 296 g/mol. The average Bonchev–Trinajstić information content (AvgIpc) is 2.51. The van der Waals surface area contributed by atoms with Crippen LogP contribution in [-0.2, 0) is 5.41 Å². The van der Waals surface area contributed by atoms with Crippen molar-refractivity contribution in [3.8, 4) is 11.5 Å². The van der Waals surface area contributed by atoms with Crippen LogP contribution < -0.4 is 0 Å². The number of aromatic hydroxyl groups is 2. The second-order valence-electron chi connectivity index (χ2n) is 7.03. The molecule has 0 bridgehead atoms. The van der Waals surface area contributed by atoms with Crippen LogP contribution in [0.2, 0.25) is 0 Å². The predicted molar refractivity (Wildman–Crippen MR) is 89.3 cm³/mol. The summed E-state index contributed by atoms with van der Waals surface area (Å²) in [5.74, 6) is 1.81. The molecule has 1 fully saturated rings. The van der Waals surface area contributed by atoms with Crippen LogP contribution in [0.5, 0.6) is 11.5 Å². The monoisotopic (exact) mass is 296 g/mol. The van der Waals surface area contributed by atoms with Gasteiger partial charge in [0.05, 0.1) is 0 Å². The van der Waals surface area contributed by atoms with E-state index in [9.17, 15) is 10.2 Å². The molecule has 0 aliphatic heterocycles. The molecule has 0 radical (unpaired) electrons. The fraction of sp³-hybridized carbons (Fsp3) is 0.400. The minimum atomic E-state index is 0.142. The minimum Gasteiger partial charge on any atom is -0.508 e. The lowest BCUT2D eigenvalue weighted by molar-refractivity contribution is 0.224. The van der Waals surface area contributed by atoms with Crippen molar-refractivity contribution in [2.24, 2.45) is 5.92 Å². The van der Waals surface area contributed by atoms with Crippen molar-refractivity contribution in [2.45, 2.75) is 44.4 Å². The van der Waals surface area contributed by atoms with Gasteiger partial charge in [-0.3, -0.25) is 0 Å². The van der Waals surface area contributed by atoms with Crippen LogP contribution in [0.3, 0.4) is 0 Å². The Hall–Kier alpha value is -1.96. The molecule has 3 unspecified atom stereocenters. The van der Waals surface area contributed by atoms with Crippen LogP contribution in [-0.4, -0.2) is 10.2 Å². The minimum absolute atomic E-state index is 0.142. The molecule has 2 aromatic rings. The highest BCUT2D eigenvalue weighted by Crippen LogP contribution is 2.48. The molecule has 3 atom stereocenters. The van der Waals surface area contributed by atoms with E-state index >= 15 is 0 Å². The SMILES string of the molecule is CC1CCC(C)(c2ccc(O)cc2)CC1c1ccc(O)cc1. The number of rotatable bonds is 2. The molecule has 116 valence electrons. The first-order valence-corrected chi connectivity index (χ1v) is 8.06. The summed E-state index contributed by atoms with van der Waals surface area (Å²) in [7, 11) is 0. The van der Waals surface area contributed by atoms with E-state index in [0.717, 1.165) is 6.42 Å². The van der Waals surface area contributed by atoms with Gasteiger partial charge in [-0.05, 0) is 71.9 Å². The van der Waals surface area contributed by atoms with Gasteiger partial charge in [-0.2, -0.15) is 0 Å². The quantitative estimate of drug-likeness (QED) is 0.822. The van der Waals surface area contributed by atoms with Gasteiger partial charge in [0, 0.05) is 0 Å². The lowest BCUT2D eigenvalue weighted by atomic mass is 9.62. The molecular weight excluding hydrogens is 272 g/mol. The van der Waals surface area contributed by atoms with Crippen molar-refractivity contribution in [3.63, 3.8) is 0 Å². The third-order valence-corrected chi connectivity index (χ3v) is 5.39. The van der Waals surface area contributed by atoms with Crippen molar-refractivity contribution in [1.29, 1.82) is 0 Å². The van der Waals surface area contributed by atoms with Gasteiger partial charge in [-0.25, -0.2) is 0 Å². The topological polar surface area (TPSA) is 40.5 Å². The Morgan fingerprint density at radius 2 is 1.45 bits per heavy atom. The highest BCUT2D eigenvalue weighted by Gasteiger charge is 2.37. The van der Waals surface area contributed by atoms with E-state index < -0.39 is 0 Å². The van der Waals surface area contributed by atoms with Gasteiger partial charge in [-0.15, -0.1) is 0 Å². The summed E-state index contributed by atoms with van der Waals surface area (Å²) >= 11 is 0. The van der Waals surface area contributed by atoms with Crippen molar-refractivity contribution >= 4 is 0 Å². The fourth-order valence-electron chi connectivity index (χ4n) is 3.83. The molecule has 2 heteroatoms. The summed E-state index contributed by atoms with van der Waals surface area (Å²) in [6.45, 7) is 4.66. The molecule has 3 rings (SSSR count). The van der Waals surface area contributed by atoms with E-state index in [1.165, 1.54) is 24.0 Å². The number of hydrogen-bond donors (Lipinski definition) is 2. The lowest BCUT2D eigenvalue weighted by Gasteiger charge is -2.42. The van der Waals surface area contributed by atoms with Gasteiger partial charge in [-0.1, -0.05) is 38.1 Å². The summed E-state index contributed by atoms with van der Waals surface area (Å²) in [5.41, 5.74) is 2.76. The predicted octanol–water partition coefficient (Wildman–Crippen LogP) is 4.96. The van der Waals surface area contributed by atoms with Crippen LogP contribution in [0.4, 0.5) is 0 Å². The van der Waals surface area contributed by atoms with Crippen LogP contribution >= 0.6 is 0 Å². The Balaban J connectivity index is 1.89. The smallest absolute Gasteiger partial charge is 0.115 e. The molecule has 0 amide bonds. The summed E-state index contributed by atoms with van der Waals surface area (Å²) in [5, 5.41) is 19.0. The van der Waals surface area contributed by atoms with Gasteiger partial charge in [0.15, 0.2) is 0 Å². The van der Waals surface area contributed by atoms with Crippen molar-refractivity contribution in [2.75, 3.05) is 0 Å². The first-order valence-electron chi connectivity index (χ1n) is 8.06. The van der Waals surface area contributed by atoms with E-state index in [1.54, 1.807) is 24.3 Å². The second kappa shape index (κ2) is 5.68. The Labute approximate surface area is 132 Å². The molecule has 0 saturated heterocycles. The maximum Gasteiger partial charge on any atom is 0.115 e. The Kier molecular flexibility index (Phi) is 3.86. The van der Waals surface area contributed by atoms with Crippen LogP contribution in [0.1, 0.15) is 50.2 Å². The fourth-order valence-corrected chi connectivity index (χ4v) is 3.83. The summed E-state index contributed by atoms with van der Waals surface area (Å²) in [4.78, 5) is 0. The highest BCUT2D eigenvalue weighted by molar-refractivity contribution is 5.34. The Morgan fingerprint density at radius 3 is 2.05 bits per heavy atom. The van der Waals surface area contributed by atoms with Crippen molar-refractivity contribution in [3.05, 3.63) is 59.7 Å². The number of hydrogen-bond acceptors (Lipinski definition) is 2. The molecule has 22 heavy (non-hydrogen) atoms. The molecule has 2 nitrogen and oxygen atoms in total. The van der Waals surface area contributed by atoms with Gasteiger partial charge in [0.2, 0.25) is 0 Å². The third kappa shape index (κ3) is 2.83. The summed E-state index contributed by atoms with van der Waals surface area (Å²) in [6.07, 6.45) is 3.47. The van der Waals surface area contributed by atoms with E-state index in [4.69, 9.17) is 0 Å². The largest absolute Gasteiger partial charge is 0.508 e. The van der Waals surface area contributed by atoms with Crippen LogP contribution in [0, 0.1) is 5.92 Å². The maximum atomic E-state index is 9.51. The summed E-state index contributed by atoms with van der Waals surface area (Å²) < 4.78 is 0. The van der Waals surface area contributed by atoms with E-state index in [2.05, 4.69) is 38.1 Å². The number of benzene rings is 2. The first kappa shape index (κ1) is 15.0. The van der Waals surface area contributed by atoms with Crippen LogP contribution in [0.25, 0.3) is 0 Å². The number of phenols is 2. The van der Waals surface area contributed by atoms with Crippen molar-refractivity contribution < 1.29 is 10.2 Å².